The molecule has 0 nitrogen and oxygen atoms in total. The van der Waals surface area contributed by atoms with Gasteiger partial charge in [0.05, 0.1) is 0 Å². The maximum absolute atomic E-state index is 5.52. The molecule has 0 N–H and O–H groups in total. The van der Waals surface area contributed by atoms with Gasteiger partial charge in [0.2, 0.25) is 0 Å². The number of hydrogen-bond acceptors (Lipinski definition) is 0. The summed E-state index contributed by atoms with van der Waals surface area (Å²) in [5.74, 6) is 3.62. The summed E-state index contributed by atoms with van der Waals surface area (Å²) in [6.07, 6.45) is 10.5. The SMILES string of the molecule is C#CC(C)(C)C(CCC)CCC. The molecule has 0 aliphatic heterocycles. The van der Waals surface area contributed by atoms with E-state index in [1.165, 1.54) is 25.7 Å². The molecule has 0 radical (unpaired) electrons. The van der Waals surface area contributed by atoms with Gasteiger partial charge in [0.25, 0.3) is 0 Å². The topological polar surface area (TPSA) is 0 Å². The molecule has 0 bridgehead atoms. The van der Waals surface area contributed by atoms with Crippen LogP contribution in [0.4, 0.5) is 0 Å². The van der Waals surface area contributed by atoms with E-state index >= 15 is 0 Å². The average molecular weight is 166 g/mol. The Bertz CT molecular complexity index is 142. The van der Waals surface area contributed by atoms with Gasteiger partial charge in [-0.1, -0.05) is 26.7 Å². The molecule has 0 amide bonds. The lowest BCUT2D eigenvalue weighted by molar-refractivity contribution is 0.257. The highest BCUT2D eigenvalue weighted by atomic mass is 14.3. The van der Waals surface area contributed by atoms with Gasteiger partial charge in [-0.05, 0) is 32.6 Å². The molecule has 0 rings (SSSR count). The van der Waals surface area contributed by atoms with Crippen LogP contribution in [0.1, 0.15) is 53.4 Å². The van der Waals surface area contributed by atoms with Gasteiger partial charge in [0, 0.05) is 5.41 Å². The van der Waals surface area contributed by atoms with Gasteiger partial charge >= 0.3 is 0 Å². The highest BCUT2D eigenvalue weighted by molar-refractivity contribution is 5.03. The first kappa shape index (κ1) is 11.6. The summed E-state index contributed by atoms with van der Waals surface area (Å²) in [7, 11) is 0. The molecular formula is C12H22. The van der Waals surface area contributed by atoms with E-state index in [1.807, 2.05) is 0 Å². The Hall–Kier alpha value is -0.440. The molecule has 0 atom stereocenters. The minimum Gasteiger partial charge on any atom is -0.120 e. The summed E-state index contributed by atoms with van der Waals surface area (Å²) < 4.78 is 0. The van der Waals surface area contributed by atoms with Crippen LogP contribution in [-0.2, 0) is 0 Å². The fourth-order valence-corrected chi connectivity index (χ4v) is 1.68. The molecule has 12 heavy (non-hydrogen) atoms. The monoisotopic (exact) mass is 166 g/mol. The van der Waals surface area contributed by atoms with Gasteiger partial charge < -0.3 is 0 Å². The first-order valence-electron chi connectivity index (χ1n) is 5.06. The summed E-state index contributed by atoms with van der Waals surface area (Å²) in [5, 5.41) is 0. The highest BCUT2D eigenvalue weighted by Crippen LogP contribution is 2.33. The molecule has 0 unspecified atom stereocenters. The Morgan fingerprint density at radius 3 is 1.83 bits per heavy atom. The van der Waals surface area contributed by atoms with Gasteiger partial charge in [0.15, 0.2) is 0 Å². The first-order valence-corrected chi connectivity index (χ1v) is 5.06. The molecule has 0 aliphatic carbocycles. The largest absolute Gasteiger partial charge is 0.120 e. The molecule has 0 heterocycles. The van der Waals surface area contributed by atoms with Crippen LogP contribution in [-0.4, -0.2) is 0 Å². The van der Waals surface area contributed by atoms with E-state index in [1.54, 1.807) is 0 Å². The second-order valence-corrected chi connectivity index (χ2v) is 4.14. The van der Waals surface area contributed by atoms with Crippen LogP contribution in [0.5, 0.6) is 0 Å². The fourth-order valence-electron chi connectivity index (χ4n) is 1.68. The standard InChI is InChI=1S/C12H22/c1-6-9-11(10-7-2)12(4,5)8-3/h3,11H,6-7,9-10H2,1-2,4-5H3. The van der Waals surface area contributed by atoms with E-state index in [-0.39, 0.29) is 5.41 Å². The molecular weight excluding hydrogens is 144 g/mol. The zero-order valence-electron chi connectivity index (χ0n) is 8.98. The molecule has 0 spiro atoms. The second kappa shape index (κ2) is 5.25. The smallest absolute Gasteiger partial charge is 0.0283 e. The molecule has 0 aliphatic rings. The predicted octanol–water partition coefficient (Wildman–Crippen LogP) is 3.86. The summed E-state index contributed by atoms with van der Waals surface area (Å²) in [4.78, 5) is 0. The highest BCUT2D eigenvalue weighted by Gasteiger charge is 2.25. The third-order valence-electron chi connectivity index (χ3n) is 2.67. The lowest BCUT2D eigenvalue weighted by atomic mass is 9.75. The normalized spacial score (nSPS) is 11.7. The molecule has 0 aromatic rings. The first-order chi connectivity index (χ1) is 5.58. The van der Waals surface area contributed by atoms with Crippen molar-refractivity contribution < 1.29 is 0 Å². The van der Waals surface area contributed by atoms with Crippen molar-refractivity contribution in [2.45, 2.75) is 53.4 Å². The van der Waals surface area contributed by atoms with E-state index < -0.39 is 0 Å². The third kappa shape index (κ3) is 3.30. The van der Waals surface area contributed by atoms with Crippen molar-refractivity contribution in [3.63, 3.8) is 0 Å². The average Bonchev–Trinajstić information content (AvgIpc) is 2.04. The number of terminal acetylenes is 1. The molecule has 0 saturated carbocycles. The quantitative estimate of drug-likeness (QED) is 0.544. The van der Waals surface area contributed by atoms with Crippen LogP contribution < -0.4 is 0 Å². The maximum Gasteiger partial charge on any atom is 0.0283 e. The summed E-state index contributed by atoms with van der Waals surface area (Å²) >= 11 is 0. The van der Waals surface area contributed by atoms with Crippen LogP contribution in [0.3, 0.4) is 0 Å². The Balaban J connectivity index is 4.19. The van der Waals surface area contributed by atoms with Crippen molar-refractivity contribution in [3.8, 4) is 12.3 Å². The zero-order valence-corrected chi connectivity index (χ0v) is 8.98. The summed E-state index contributed by atoms with van der Waals surface area (Å²) in [6, 6.07) is 0. The van der Waals surface area contributed by atoms with Gasteiger partial charge in [-0.25, -0.2) is 0 Å². The van der Waals surface area contributed by atoms with E-state index in [4.69, 9.17) is 6.42 Å². The predicted molar refractivity (Wildman–Crippen MR) is 55.9 cm³/mol. The Morgan fingerprint density at radius 2 is 1.58 bits per heavy atom. The molecule has 0 aromatic carbocycles. The lowest BCUT2D eigenvalue weighted by Crippen LogP contribution is -2.21. The fraction of sp³-hybridized carbons (Fsp3) is 0.833. The van der Waals surface area contributed by atoms with E-state index in [0.29, 0.717) is 5.92 Å². The van der Waals surface area contributed by atoms with Gasteiger partial charge in [-0.2, -0.15) is 0 Å². The molecule has 0 heteroatoms. The van der Waals surface area contributed by atoms with Crippen LogP contribution in [0.2, 0.25) is 0 Å². The van der Waals surface area contributed by atoms with Crippen LogP contribution in [0, 0.1) is 23.7 Å². The van der Waals surface area contributed by atoms with Gasteiger partial charge in [-0.3, -0.25) is 0 Å². The van der Waals surface area contributed by atoms with Crippen molar-refractivity contribution >= 4 is 0 Å². The van der Waals surface area contributed by atoms with E-state index in [9.17, 15) is 0 Å². The second-order valence-electron chi connectivity index (χ2n) is 4.14. The van der Waals surface area contributed by atoms with Crippen molar-refractivity contribution in [2.24, 2.45) is 11.3 Å². The van der Waals surface area contributed by atoms with Crippen molar-refractivity contribution in [2.75, 3.05) is 0 Å². The number of rotatable bonds is 5. The summed E-state index contributed by atoms with van der Waals surface area (Å²) in [6.45, 7) is 8.83. The minimum absolute atomic E-state index is 0.0893. The van der Waals surface area contributed by atoms with Crippen LogP contribution in [0.15, 0.2) is 0 Å². The third-order valence-corrected chi connectivity index (χ3v) is 2.67. The Morgan fingerprint density at radius 1 is 1.17 bits per heavy atom. The Kier molecular flexibility index (Phi) is 5.06. The molecule has 0 saturated heterocycles. The van der Waals surface area contributed by atoms with Crippen molar-refractivity contribution in [1.29, 1.82) is 0 Å². The number of hydrogen-bond donors (Lipinski definition) is 0. The van der Waals surface area contributed by atoms with Gasteiger partial charge in [-0.15, -0.1) is 12.3 Å². The van der Waals surface area contributed by atoms with E-state index in [0.717, 1.165) is 0 Å². The lowest BCUT2D eigenvalue weighted by Gasteiger charge is -2.29. The van der Waals surface area contributed by atoms with Crippen LogP contribution >= 0.6 is 0 Å². The zero-order chi connectivity index (χ0) is 9.61. The molecule has 0 aromatic heterocycles. The van der Waals surface area contributed by atoms with E-state index in [2.05, 4.69) is 33.6 Å². The Labute approximate surface area is 77.8 Å². The van der Waals surface area contributed by atoms with Crippen molar-refractivity contribution in [1.82, 2.24) is 0 Å². The minimum atomic E-state index is 0.0893. The molecule has 70 valence electrons. The summed E-state index contributed by atoms with van der Waals surface area (Å²) in [5.41, 5.74) is 0.0893. The molecule has 0 fully saturated rings. The van der Waals surface area contributed by atoms with Gasteiger partial charge in [0.1, 0.15) is 0 Å². The van der Waals surface area contributed by atoms with Crippen molar-refractivity contribution in [3.05, 3.63) is 0 Å². The van der Waals surface area contributed by atoms with Crippen LogP contribution in [0.25, 0.3) is 0 Å². The maximum atomic E-state index is 5.52.